The predicted molar refractivity (Wildman–Crippen MR) is 93.7 cm³/mol. The maximum Gasteiger partial charge on any atom is 0.438 e. The maximum absolute atomic E-state index is 13.0. The third kappa shape index (κ3) is 10.3. The van der Waals surface area contributed by atoms with Gasteiger partial charge in [-0.3, -0.25) is 4.55 Å². The van der Waals surface area contributed by atoms with Crippen molar-refractivity contribution in [2.45, 2.75) is 82.7 Å². The number of unbranched alkanes of at least 4 members (excludes halogenated alkanes) is 8. The van der Waals surface area contributed by atoms with Crippen molar-refractivity contribution in [3.8, 4) is 0 Å². The summed E-state index contributed by atoms with van der Waals surface area (Å²) < 4.78 is 111. The molecule has 0 aromatic rings. The first-order chi connectivity index (χ1) is 13.2. The van der Waals surface area contributed by atoms with Crippen molar-refractivity contribution < 1.29 is 48.8 Å². The number of carbonyl (C=O) groups excluding carboxylic acids is 1. The Morgan fingerprint density at radius 3 is 1.76 bits per heavy atom. The van der Waals surface area contributed by atoms with Gasteiger partial charge in [0, 0.05) is 6.08 Å². The summed E-state index contributed by atoms with van der Waals surface area (Å²) in [6.45, 7) is 2.09. The topological polar surface area (TPSA) is 80.7 Å². The summed E-state index contributed by atoms with van der Waals surface area (Å²) in [5.41, 5.74) is -5.37. The molecule has 0 spiro atoms. The molecule has 0 unspecified atom stereocenters. The molecule has 0 saturated carbocycles. The van der Waals surface area contributed by atoms with Crippen LogP contribution < -0.4 is 0 Å². The molecule has 0 bridgehead atoms. The Morgan fingerprint density at radius 1 is 0.897 bits per heavy atom. The first-order valence-electron chi connectivity index (χ1n) is 9.14. The van der Waals surface area contributed by atoms with Crippen molar-refractivity contribution in [3.63, 3.8) is 0 Å². The minimum atomic E-state index is -6.32. The SMILES string of the molecule is CCCCCCCCCC/C=C/C(=O)OC(CS(=O)(=O)O)(C(F)(F)F)C(F)(F)F. The van der Waals surface area contributed by atoms with Gasteiger partial charge in [-0.2, -0.15) is 34.8 Å². The number of hydrogen-bond donors (Lipinski definition) is 1. The van der Waals surface area contributed by atoms with Crippen LogP contribution >= 0.6 is 0 Å². The van der Waals surface area contributed by atoms with E-state index in [1.165, 1.54) is 0 Å². The summed E-state index contributed by atoms with van der Waals surface area (Å²) in [5, 5.41) is 0. The van der Waals surface area contributed by atoms with Crippen LogP contribution in [-0.2, 0) is 19.6 Å². The largest absolute Gasteiger partial charge is 0.438 e. The molecule has 0 amide bonds. The number of alkyl halides is 6. The second kappa shape index (κ2) is 11.8. The van der Waals surface area contributed by atoms with Gasteiger partial charge in [-0.05, 0) is 12.8 Å². The number of rotatable bonds is 13. The molecule has 12 heteroatoms. The molecule has 0 aromatic heterocycles. The highest BCUT2D eigenvalue weighted by atomic mass is 32.2. The minimum absolute atomic E-state index is 0.230. The molecule has 0 atom stereocenters. The highest BCUT2D eigenvalue weighted by Gasteiger charge is 2.75. The van der Waals surface area contributed by atoms with E-state index in [1.807, 2.05) is 0 Å². The van der Waals surface area contributed by atoms with Gasteiger partial charge in [-0.25, -0.2) is 4.79 Å². The number of esters is 1. The van der Waals surface area contributed by atoms with E-state index >= 15 is 0 Å². The summed E-state index contributed by atoms with van der Waals surface area (Å²) in [6, 6.07) is 0. The Morgan fingerprint density at radius 2 is 1.34 bits per heavy atom. The highest BCUT2D eigenvalue weighted by molar-refractivity contribution is 7.85. The Kier molecular flexibility index (Phi) is 11.2. The Bertz CT molecular complexity index is 611. The van der Waals surface area contributed by atoms with Crippen LogP contribution in [0.15, 0.2) is 12.2 Å². The fourth-order valence-corrected chi connectivity index (χ4v) is 3.41. The van der Waals surface area contributed by atoms with Crippen molar-refractivity contribution in [1.82, 2.24) is 0 Å². The molecule has 5 nitrogen and oxygen atoms in total. The first kappa shape index (κ1) is 27.7. The van der Waals surface area contributed by atoms with Gasteiger partial charge < -0.3 is 4.74 Å². The van der Waals surface area contributed by atoms with Gasteiger partial charge in [0.15, 0.2) is 0 Å². The molecule has 0 saturated heterocycles. The summed E-state index contributed by atoms with van der Waals surface area (Å²) in [4.78, 5) is 11.5. The Labute approximate surface area is 166 Å². The van der Waals surface area contributed by atoms with E-state index in [0.717, 1.165) is 51.0 Å². The molecule has 0 aliphatic carbocycles. The van der Waals surface area contributed by atoms with E-state index in [1.54, 1.807) is 0 Å². The van der Waals surface area contributed by atoms with E-state index in [2.05, 4.69) is 11.7 Å². The molecule has 1 N–H and O–H groups in total. The first-order valence-corrected chi connectivity index (χ1v) is 10.8. The molecule has 0 aromatic carbocycles. The average Bonchev–Trinajstić information content (AvgIpc) is 2.52. The molecule has 0 radical (unpaired) electrons. The fraction of sp³-hybridized carbons (Fsp3) is 0.824. The predicted octanol–water partition coefficient (Wildman–Crippen LogP) is 5.37. The molecule has 0 rings (SSSR count). The maximum atomic E-state index is 13.0. The van der Waals surface area contributed by atoms with Crippen LogP contribution in [0.4, 0.5) is 26.3 Å². The molecule has 0 aliphatic heterocycles. The van der Waals surface area contributed by atoms with E-state index in [-0.39, 0.29) is 6.42 Å². The number of hydrogen-bond acceptors (Lipinski definition) is 4. The van der Waals surface area contributed by atoms with Gasteiger partial charge in [-0.15, -0.1) is 0 Å². The number of ether oxygens (including phenoxy) is 1. The van der Waals surface area contributed by atoms with Crippen LogP contribution in [0.25, 0.3) is 0 Å². The lowest BCUT2D eigenvalue weighted by molar-refractivity contribution is -0.360. The second-order valence-corrected chi connectivity index (χ2v) is 8.09. The second-order valence-electron chi connectivity index (χ2n) is 6.64. The van der Waals surface area contributed by atoms with Gasteiger partial charge >= 0.3 is 23.9 Å². The summed E-state index contributed by atoms with van der Waals surface area (Å²) in [6.07, 6.45) is -3.18. The lowest BCUT2D eigenvalue weighted by Crippen LogP contribution is -2.63. The van der Waals surface area contributed by atoms with Crippen molar-refractivity contribution in [2.24, 2.45) is 0 Å². The highest BCUT2D eigenvalue weighted by Crippen LogP contribution is 2.46. The third-order valence-electron chi connectivity index (χ3n) is 4.05. The van der Waals surface area contributed by atoms with Crippen LogP contribution in [0.2, 0.25) is 0 Å². The summed E-state index contributed by atoms with van der Waals surface area (Å²) in [7, 11) is -5.78. The molecule has 172 valence electrons. The van der Waals surface area contributed by atoms with E-state index in [9.17, 15) is 39.6 Å². The molecule has 0 fully saturated rings. The van der Waals surface area contributed by atoms with Crippen LogP contribution in [0.1, 0.15) is 64.7 Å². The molecular weight excluding hydrogens is 430 g/mol. The zero-order valence-corrected chi connectivity index (χ0v) is 16.8. The van der Waals surface area contributed by atoms with Crippen molar-refractivity contribution in [1.29, 1.82) is 0 Å². The average molecular weight is 456 g/mol. The Balaban J connectivity index is 4.82. The van der Waals surface area contributed by atoms with Gasteiger partial charge in [0.05, 0.1) is 0 Å². The van der Waals surface area contributed by atoms with Crippen molar-refractivity contribution in [3.05, 3.63) is 12.2 Å². The molecule has 0 aliphatic rings. The third-order valence-corrected chi connectivity index (χ3v) is 4.83. The van der Waals surface area contributed by atoms with Gasteiger partial charge in [0.1, 0.15) is 5.75 Å². The molecule has 0 heterocycles. The number of allylic oxidation sites excluding steroid dienone is 1. The van der Waals surface area contributed by atoms with Crippen LogP contribution in [0.5, 0.6) is 0 Å². The lowest BCUT2D eigenvalue weighted by atomic mass is 10.1. The number of halogens is 6. The summed E-state index contributed by atoms with van der Waals surface area (Å²) >= 11 is 0. The van der Waals surface area contributed by atoms with E-state index in [0.29, 0.717) is 12.5 Å². The molecular formula is C17H26F6O5S. The monoisotopic (exact) mass is 456 g/mol. The fourth-order valence-electron chi connectivity index (χ4n) is 2.51. The van der Waals surface area contributed by atoms with Crippen molar-refractivity contribution >= 4 is 16.1 Å². The van der Waals surface area contributed by atoms with Crippen LogP contribution in [-0.4, -0.2) is 42.6 Å². The smallest absolute Gasteiger partial charge is 0.435 e. The normalized spacial score (nSPS) is 13.8. The van der Waals surface area contributed by atoms with Gasteiger partial charge in [0.2, 0.25) is 0 Å². The standard InChI is InChI=1S/C17H26F6O5S/c1-2-3-4-5-6-7-8-9-10-11-12-14(24)28-15(16(18,19)20,17(21,22)23)13-29(25,26)27/h11-12H,2-10,13H2,1H3,(H,25,26,27)/b12-11+. The van der Waals surface area contributed by atoms with Crippen LogP contribution in [0, 0.1) is 0 Å². The van der Waals surface area contributed by atoms with Crippen LogP contribution in [0.3, 0.4) is 0 Å². The minimum Gasteiger partial charge on any atom is -0.435 e. The lowest BCUT2D eigenvalue weighted by Gasteiger charge is -2.35. The zero-order chi connectivity index (χ0) is 22.8. The number of carbonyl (C=O) groups is 1. The Hall–Kier alpha value is -1.30. The zero-order valence-electron chi connectivity index (χ0n) is 16.0. The van der Waals surface area contributed by atoms with E-state index < -0.39 is 39.8 Å². The molecule has 29 heavy (non-hydrogen) atoms. The van der Waals surface area contributed by atoms with E-state index in [4.69, 9.17) is 4.55 Å². The van der Waals surface area contributed by atoms with Crippen molar-refractivity contribution in [2.75, 3.05) is 5.75 Å². The summed E-state index contributed by atoms with van der Waals surface area (Å²) in [5.74, 6) is -4.90. The van der Waals surface area contributed by atoms with Gasteiger partial charge in [0.25, 0.3) is 10.1 Å². The quantitative estimate of drug-likeness (QED) is 0.133. The van der Waals surface area contributed by atoms with Gasteiger partial charge in [-0.1, -0.05) is 57.9 Å².